The van der Waals surface area contributed by atoms with Crippen LogP contribution in [0.3, 0.4) is 0 Å². The van der Waals surface area contributed by atoms with Gasteiger partial charge in [0.25, 0.3) is 0 Å². The van der Waals surface area contributed by atoms with Crippen LogP contribution in [0.5, 0.6) is 0 Å². The lowest BCUT2D eigenvalue weighted by atomic mass is 9.95. The second-order valence-corrected chi connectivity index (χ2v) is 21.0. The summed E-state index contributed by atoms with van der Waals surface area (Å²) in [6.45, 7) is 4.38. The molecule has 378 valence electrons. The van der Waals surface area contributed by atoms with Crippen molar-refractivity contribution in [3.8, 4) is 44.5 Å². The lowest BCUT2D eigenvalue weighted by molar-refractivity contribution is 0.634. The van der Waals surface area contributed by atoms with Gasteiger partial charge in [-0.1, -0.05) is 182 Å². The van der Waals surface area contributed by atoms with E-state index in [1.165, 1.54) is 33.4 Å². The standard InChI is InChI=1S/C76H52N2O2/c1-49-19-15-17-29-69(49)77(71-39-33-55(51-21-7-3-8-22-51)43-65(71)53-25-11-5-12-26-53)61-35-31-57-45-67-63-37-38-64-68-46-58-32-36-62(42-60(58)48-74(68)80-76(64)75(63)79-73(67)47-59(57)41-61)78(70-30-18-16-20-50(70)2)72-40-34-56(52-23-9-4-10-24-52)44-66(72)54-27-13-6-14-28-54/h3-48H,1-2H3. The number of furan rings is 2. The molecule has 0 radical (unpaired) electrons. The minimum Gasteiger partial charge on any atom is -0.452 e. The van der Waals surface area contributed by atoms with Gasteiger partial charge in [0.15, 0.2) is 11.2 Å². The molecule has 15 aromatic rings. The van der Waals surface area contributed by atoms with Crippen molar-refractivity contribution in [2.75, 3.05) is 9.80 Å². The summed E-state index contributed by atoms with van der Waals surface area (Å²) in [7, 11) is 0. The molecule has 4 nitrogen and oxygen atoms in total. The summed E-state index contributed by atoms with van der Waals surface area (Å²) in [6, 6.07) is 101. The van der Waals surface area contributed by atoms with Crippen LogP contribution in [0.4, 0.5) is 34.1 Å². The van der Waals surface area contributed by atoms with E-state index in [0.29, 0.717) is 0 Å². The zero-order valence-electron chi connectivity index (χ0n) is 44.3. The van der Waals surface area contributed by atoms with E-state index >= 15 is 0 Å². The van der Waals surface area contributed by atoms with E-state index < -0.39 is 0 Å². The first-order valence-electron chi connectivity index (χ1n) is 27.4. The summed E-state index contributed by atoms with van der Waals surface area (Å²) >= 11 is 0. The fourth-order valence-electron chi connectivity index (χ4n) is 12.0. The van der Waals surface area contributed by atoms with Gasteiger partial charge in [0.05, 0.1) is 11.4 Å². The molecule has 15 rings (SSSR count). The van der Waals surface area contributed by atoms with Crippen molar-refractivity contribution in [2.45, 2.75) is 13.8 Å². The Morgan fingerprint density at radius 2 is 0.625 bits per heavy atom. The molecule has 80 heavy (non-hydrogen) atoms. The first-order chi connectivity index (χ1) is 39.5. The lowest BCUT2D eigenvalue weighted by Crippen LogP contribution is -2.12. The molecule has 2 aromatic heterocycles. The van der Waals surface area contributed by atoms with Crippen molar-refractivity contribution in [3.05, 3.63) is 290 Å². The summed E-state index contributed by atoms with van der Waals surface area (Å²) in [5.41, 5.74) is 21.4. The summed E-state index contributed by atoms with van der Waals surface area (Å²) in [4.78, 5) is 4.82. The van der Waals surface area contributed by atoms with Crippen molar-refractivity contribution < 1.29 is 8.83 Å². The van der Waals surface area contributed by atoms with Crippen LogP contribution < -0.4 is 9.80 Å². The van der Waals surface area contributed by atoms with E-state index in [1.54, 1.807) is 0 Å². The highest BCUT2D eigenvalue weighted by atomic mass is 16.4. The predicted octanol–water partition coefficient (Wildman–Crippen LogP) is 22.0. The molecule has 0 atom stereocenters. The number of hydrogen-bond acceptors (Lipinski definition) is 4. The molecule has 0 fully saturated rings. The molecule has 0 aliphatic rings. The van der Waals surface area contributed by atoms with Crippen molar-refractivity contribution in [3.63, 3.8) is 0 Å². The van der Waals surface area contributed by atoms with Gasteiger partial charge in [-0.05, 0) is 177 Å². The first-order valence-corrected chi connectivity index (χ1v) is 27.4. The van der Waals surface area contributed by atoms with Gasteiger partial charge < -0.3 is 18.6 Å². The van der Waals surface area contributed by atoms with E-state index in [9.17, 15) is 0 Å². The molecule has 0 aliphatic carbocycles. The Labute approximate surface area is 464 Å². The van der Waals surface area contributed by atoms with Gasteiger partial charge in [-0.25, -0.2) is 0 Å². The third-order valence-electron chi connectivity index (χ3n) is 16.0. The second kappa shape index (κ2) is 19.2. The lowest BCUT2D eigenvalue weighted by Gasteiger charge is -2.30. The summed E-state index contributed by atoms with van der Waals surface area (Å²) in [5, 5.41) is 8.59. The van der Waals surface area contributed by atoms with E-state index in [0.717, 1.165) is 122 Å². The van der Waals surface area contributed by atoms with Crippen molar-refractivity contribution in [1.29, 1.82) is 0 Å². The van der Waals surface area contributed by atoms with Gasteiger partial charge in [0.1, 0.15) is 11.2 Å². The molecule has 0 N–H and O–H groups in total. The summed E-state index contributed by atoms with van der Waals surface area (Å²) in [6.07, 6.45) is 0. The molecule has 0 saturated heterocycles. The Hall–Kier alpha value is -10.4. The molecule has 0 bridgehead atoms. The molecule has 13 aromatic carbocycles. The maximum Gasteiger partial charge on any atom is 0.178 e. The molecule has 0 unspecified atom stereocenters. The highest BCUT2D eigenvalue weighted by molar-refractivity contribution is 6.21. The number of anilines is 6. The van der Waals surface area contributed by atoms with Crippen LogP contribution in [0.1, 0.15) is 11.1 Å². The monoisotopic (exact) mass is 1020 g/mol. The quantitative estimate of drug-likeness (QED) is 0.137. The van der Waals surface area contributed by atoms with Crippen LogP contribution in [-0.4, -0.2) is 0 Å². The van der Waals surface area contributed by atoms with E-state index in [1.807, 2.05) is 0 Å². The number of benzene rings is 13. The molecule has 0 amide bonds. The smallest absolute Gasteiger partial charge is 0.178 e. The molecule has 0 aliphatic heterocycles. The SMILES string of the molecule is Cc1ccccc1N(c1ccc2cc3c(cc2c1)oc1c3ccc2c3cc4ccc(N(c5ccccc5C)c5ccc(-c6ccccc6)cc5-c5ccccc5)cc4cc3oc21)c1ccc(-c2ccccc2)cc1-c1ccccc1. The number of aryl methyl sites for hydroxylation is 2. The molecular weight excluding hydrogens is 973 g/mol. The highest BCUT2D eigenvalue weighted by Crippen LogP contribution is 2.48. The number of para-hydroxylation sites is 2. The van der Waals surface area contributed by atoms with Gasteiger partial charge >= 0.3 is 0 Å². The zero-order valence-corrected chi connectivity index (χ0v) is 44.3. The second-order valence-electron chi connectivity index (χ2n) is 21.0. The largest absolute Gasteiger partial charge is 0.452 e. The Balaban J connectivity index is 0.846. The maximum absolute atomic E-state index is 6.95. The van der Waals surface area contributed by atoms with Crippen LogP contribution >= 0.6 is 0 Å². The topological polar surface area (TPSA) is 32.8 Å². The first kappa shape index (κ1) is 46.8. The zero-order chi connectivity index (χ0) is 53.3. The average molecular weight is 1030 g/mol. The Morgan fingerprint density at radius 3 is 1.02 bits per heavy atom. The molecular formula is C76H52N2O2. The molecule has 0 saturated carbocycles. The van der Waals surface area contributed by atoms with Crippen LogP contribution in [0.2, 0.25) is 0 Å². The normalized spacial score (nSPS) is 11.6. The summed E-state index contributed by atoms with van der Waals surface area (Å²) in [5.74, 6) is 0. The van der Waals surface area contributed by atoms with Crippen molar-refractivity contribution in [1.82, 2.24) is 0 Å². The van der Waals surface area contributed by atoms with E-state index in [4.69, 9.17) is 8.83 Å². The Bertz CT molecular complexity index is 4540. The fourth-order valence-corrected chi connectivity index (χ4v) is 12.0. The highest BCUT2D eigenvalue weighted by Gasteiger charge is 2.24. The van der Waals surface area contributed by atoms with Gasteiger partial charge in [-0.15, -0.1) is 0 Å². The predicted molar refractivity (Wildman–Crippen MR) is 337 cm³/mol. The van der Waals surface area contributed by atoms with E-state index in [2.05, 4.69) is 303 Å². The van der Waals surface area contributed by atoms with Crippen LogP contribution in [0.25, 0.3) is 110 Å². The number of hydrogen-bond donors (Lipinski definition) is 0. The van der Waals surface area contributed by atoms with Crippen LogP contribution in [-0.2, 0) is 0 Å². The van der Waals surface area contributed by atoms with Crippen LogP contribution in [0.15, 0.2) is 288 Å². The molecule has 4 heteroatoms. The minimum atomic E-state index is 0.750. The minimum absolute atomic E-state index is 0.750. The maximum atomic E-state index is 6.95. The Morgan fingerprint density at radius 1 is 0.250 bits per heavy atom. The summed E-state index contributed by atoms with van der Waals surface area (Å²) < 4.78 is 13.9. The van der Waals surface area contributed by atoms with Gasteiger partial charge in [-0.3, -0.25) is 0 Å². The van der Waals surface area contributed by atoms with Gasteiger partial charge in [0, 0.05) is 55.4 Å². The molecule has 2 heterocycles. The van der Waals surface area contributed by atoms with Crippen molar-refractivity contribution in [2.24, 2.45) is 0 Å². The fraction of sp³-hybridized carbons (Fsp3) is 0.0263. The van der Waals surface area contributed by atoms with E-state index in [-0.39, 0.29) is 0 Å². The third kappa shape index (κ3) is 8.08. The van der Waals surface area contributed by atoms with Crippen LogP contribution in [0, 0.1) is 13.8 Å². The number of fused-ring (bicyclic) bond motifs is 9. The number of rotatable bonds is 10. The third-order valence-corrected chi connectivity index (χ3v) is 16.0. The molecule has 0 spiro atoms. The van der Waals surface area contributed by atoms with Gasteiger partial charge in [-0.2, -0.15) is 0 Å². The number of nitrogens with zero attached hydrogens (tertiary/aromatic N) is 2. The Kier molecular flexibility index (Phi) is 11.3. The van der Waals surface area contributed by atoms with Crippen molar-refractivity contribution >= 4 is 99.5 Å². The van der Waals surface area contributed by atoms with Gasteiger partial charge in [0.2, 0.25) is 0 Å². The average Bonchev–Trinajstić information content (AvgIpc) is 4.21.